The average Bonchev–Trinajstić information content (AvgIpc) is 2.18. The van der Waals surface area contributed by atoms with Crippen molar-refractivity contribution in [2.24, 2.45) is 0 Å². The Balaban J connectivity index is 3.11. The van der Waals surface area contributed by atoms with E-state index < -0.39 is 15.2 Å². The number of carbonyl (C=O) groups is 1. The van der Waals surface area contributed by atoms with E-state index in [9.17, 15) is 13.2 Å². The Labute approximate surface area is 88.2 Å². The van der Waals surface area contributed by atoms with Gasteiger partial charge in [0, 0.05) is 5.69 Å². The second kappa shape index (κ2) is 4.31. The fourth-order valence-corrected chi connectivity index (χ4v) is 2.29. The summed E-state index contributed by atoms with van der Waals surface area (Å²) in [6.45, 7) is 1.40. The molecule has 0 radical (unpaired) electrons. The molecule has 1 aromatic rings. The number of rotatable bonds is 4. The standard InChI is InChI=1S/C9H12N2O3S/c1-7(11-6-12)15(13,14)9-4-2-3-8(10)5-9/h2-7H,10H2,1H3,(H,11,12). The normalized spacial score (nSPS) is 13.1. The zero-order valence-corrected chi connectivity index (χ0v) is 8.99. The van der Waals surface area contributed by atoms with Gasteiger partial charge in [-0.2, -0.15) is 0 Å². The van der Waals surface area contributed by atoms with Crippen molar-refractivity contribution in [3.05, 3.63) is 24.3 Å². The third kappa shape index (κ3) is 2.47. The van der Waals surface area contributed by atoms with Crippen LogP contribution in [0.5, 0.6) is 0 Å². The smallest absolute Gasteiger partial charge is 0.208 e. The molecule has 0 aliphatic carbocycles. The summed E-state index contributed by atoms with van der Waals surface area (Å²) in [4.78, 5) is 10.3. The monoisotopic (exact) mass is 228 g/mol. The van der Waals surface area contributed by atoms with Crippen LogP contribution in [0.2, 0.25) is 0 Å². The second-order valence-electron chi connectivity index (χ2n) is 3.04. The summed E-state index contributed by atoms with van der Waals surface area (Å²) in [6.07, 6.45) is 0.356. The molecule has 1 amide bonds. The number of benzene rings is 1. The third-order valence-electron chi connectivity index (χ3n) is 1.95. The van der Waals surface area contributed by atoms with Crippen LogP contribution in [0.25, 0.3) is 0 Å². The Kier molecular flexibility index (Phi) is 3.31. The first kappa shape index (κ1) is 11.5. The molecular weight excluding hydrogens is 216 g/mol. The highest BCUT2D eigenvalue weighted by Crippen LogP contribution is 2.16. The molecule has 0 aliphatic rings. The Morgan fingerprint density at radius 3 is 2.67 bits per heavy atom. The van der Waals surface area contributed by atoms with Gasteiger partial charge in [-0.25, -0.2) is 8.42 Å². The summed E-state index contributed by atoms with van der Waals surface area (Å²) >= 11 is 0. The molecule has 5 nitrogen and oxygen atoms in total. The van der Waals surface area contributed by atoms with Crippen molar-refractivity contribution in [2.45, 2.75) is 17.2 Å². The van der Waals surface area contributed by atoms with Crippen molar-refractivity contribution in [1.82, 2.24) is 5.32 Å². The van der Waals surface area contributed by atoms with Crippen molar-refractivity contribution < 1.29 is 13.2 Å². The Bertz CT molecular complexity index is 456. The van der Waals surface area contributed by atoms with E-state index >= 15 is 0 Å². The average molecular weight is 228 g/mol. The molecule has 0 fully saturated rings. The first-order chi connectivity index (χ1) is 6.98. The molecule has 0 aliphatic heterocycles. The van der Waals surface area contributed by atoms with Crippen LogP contribution in [0.15, 0.2) is 29.2 Å². The van der Waals surface area contributed by atoms with Gasteiger partial charge in [0.1, 0.15) is 5.37 Å². The van der Waals surface area contributed by atoms with Crippen LogP contribution >= 0.6 is 0 Å². The van der Waals surface area contributed by atoms with E-state index in [0.29, 0.717) is 12.1 Å². The predicted molar refractivity (Wildman–Crippen MR) is 56.7 cm³/mol. The lowest BCUT2D eigenvalue weighted by atomic mass is 10.3. The zero-order chi connectivity index (χ0) is 11.5. The van der Waals surface area contributed by atoms with Crippen LogP contribution < -0.4 is 11.1 Å². The molecule has 1 rings (SSSR count). The number of nitrogens with one attached hydrogen (secondary N) is 1. The zero-order valence-electron chi connectivity index (χ0n) is 8.17. The fourth-order valence-electron chi connectivity index (χ4n) is 1.08. The number of nitrogen functional groups attached to an aromatic ring is 1. The minimum atomic E-state index is -3.55. The summed E-state index contributed by atoms with van der Waals surface area (Å²) in [5, 5.41) is 1.23. The Morgan fingerprint density at radius 2 is 2.13 bits per heavy atom. The fraction of sp³-hybridized carbons (Fsp3) is 0.222. The summed E-state index contributed by atoms with van der Waals surface area (Å²) in [5.74, 6) is 0. The highest BCUT2D eigenvalue weighted by atomic mass is 32.2. The molecule has 0 saturated carbocycles. The van der Waals surface area contributed by atoms with Crippen LogP contribution in [-0.2, 0) is 14.6 Å². The van der Waals surface area contributed by atoms with Crippen LogP contribution in [0.3, 0.4) is 0 Å². The molecule has 0 heterocycles. The maximum absolute atomic E-state index is 11.8. The third-order valence-corrected chi connectivity index (χ3v) is 3.93. The van der Waals surface area contributed by atoms with Gasteiger partial charge in [-0.15, -0.1) is 0 Å². The van der Waals surface area contributed by atoms with Crippen molar-refractivity contribution in [3.63, 3.8) is 0 Å². The van der Waals surface area contributed by atoms with Gasteiger partial charge < -0.3 is 11.1 Å². The van der Waals surface area contributed by atoms with E-state index in [-0.39, 0.29) is 4.90 Å². The summed E-state index contributed by atoms with van der Waals surface area (Å²) in [6, 6.07) is 5.94. The molecule has 0 aromatic heterocycles. The number of hydrogen-bond donors (Lipinski definition) is 2. The molecule has 15 heavy (non-hydrogen) atoms. The summed E-state index contributed by atoms with van der Waals surface area (Å²) in [7, 11) is -3.55. The van der Waals surface area contributed by atoms with Gasteiger partial charge in [-0.05, 0) is 25.1 Å². The van der Waals surface area contributed by atoms with Crippen molar-refractivity contribution in [1.29, 1.82) is 0 Å². The van der Waals surface area contributed by atoms with Crippen molar-refractivity contribution in [2.75, 3.05) is 5.73 Å². The Morgan fingerprint density at radius 1 is 1.47 bits per heavy atom. The van der Waals surface area contributed by atoms with Crippen LogP contribution in [0, 0.1) is 0 Å². The molecular formula is C9H12N2O3S. The van der Waals surface area contributed by atoms with Crippen LogP contribution in [0.1, 0.15) is 6.92 Å². The van der Waals surface area contributed by atoms with E-state index in [1.165, 1.54) is 19.1 Å². The molecule has 1 atom stereocenters. The molecule has 1 aromatic carbocycles. The van der Waals surface area contributed by atoms with E-state index in [0.717, 1.165) is 0 Å². The largest absolute Gasteiger partial charge is 0.399 e. The van der Waals surface area contributed by atoms with Crippen molar-refractivity contribution in [3.8, 4) is 0 Å². The topological polar surface area (TPSA) is 89.3 Å². The van der Waals surface area contributed by atoms with E-state index in [1.807, 2.05) is 0 Å². The Hall–Kier alpha value is -1.56. The van der Waals surface area contributed by atoms with Gasteiger partial charge in [0.25, 0.3) is 0 Å². The minimum absolute atomic E-state index is 0.101. The number of amides is 1. The molecule has 0 saturated heterocycles. The van der Waals surface area contributed by atoms with Gasteiger partial charge in [-0.3, -0.25) is 4.79 Å². The van der Waals surface area contributed by atoms with E-state index in [2.05, 4.69) is 5.32 Å². The lowest BCUT2D eigenvalue weighted by Crippen LogP contribution is -2.32. The molecule has 1 unspecified atom stereocenters. The first-order valence-corrected chi connectivity index (χ1v) is 5.82. The van der Waals surface area contributed by atoms with Gasteiger partial charge in [-0.1, -0.05) is 6.07 Å². The van der Waals surface area contributed by atoms with Gasteiger partial charge in [0.2, 0.25) is 6.41 Å². The number of anilines is 1. The number of carbonyl (C=O) groups excluding carboxylic acids is 1. The SMILES string of the molecule is CC(NC=O)S(=O)(=O)c1cccc(N)c1. The molecule has 6 heteroatoms. The summed E-state index contributed by atoms with van der Waals surface area (Å²) < 4.78 is 23.6. The van der Waals surface area contributed by atoms with Gasteiger partial charge in [0.05, 0.1) is 4.90 Å². The highest BCUT2D eigenvalue weighted by molar-refractivity contribution is 7.92. The summed E-state index contributed by atoms with van der Waals surface area (Å²) in [5.41, 5.74) is 5.84. The maximum atomic E-state index is 11.8. The molecule has 0 bridgehead atoms. The lowest BCUT2D eigenvalue weighted by Gasteiger charge is -2.11. The quantitative estimate of drug-likeness (QED) is 0.566. The molecule has 0 spiro atoms. The number of nitrogens with two attached hydrogens (primary N) is 1. The van der Waals surface area contributed by atoms with Gasteiger partial charge in [0.15, 0.2) is 9.84 Å². The van der Waals surface area contributed by atoms with E-state index in [4.69, 9.17) is 5.73 Å². The van der Waals surface area contributed by atoms with E-state index in [1.54, 1.807) is 12.1 Å². The van der Waals surface area contributed by atoms with Crippen molar-refractivity contribution >= 4 is 21.9 Å². The molecule has 82 valence electrons. The maximum Gasteiger partial charge on any atom is 0.208 e. The van der Waals surface area contributed by atoms with Crippen LogP contribution in [-0.4, -0.2) is 20.2 Å². The molecule has 3 N–H and O–H groups in total. The number of hydrogen-bond acceptors (Lipinski definition) is 4. The highest BCUT2D eigenvalue weighted by Gasteiger charge is 2.22. The minimum Gasteiger partial charge on any atom is -0.399 e. The number of sulfone groups is 1. The van der Waals surface area contributed by atoms with Crippen LogP contribution in [0.4, 0.5) is 5.69 Å². The van der Waals surface area contributed by atoms with Gasteiger partial charge >= 0.3 is 0 Å². The second-order valence-corrected chi connectivity index (χ2v) is 5.31. The lowest BCUT2D eigenvalue weighted by molar-refractivity contribution is -0.109. The predicted octanol–water partition coefficient (Wildman–Crippen LogP) is 0.134. The first-order valence-electron chi connectivity index (χ1n) is 4.27.